The second-order valence-corrected chi connectivity index (χ2v) is 5.74. The van der Waals surface area contributed by atoms with Crippen LogP contribution in [0.4, 0.5) is 0 Å². The van der Waals surface area contributed by atoms with Gasteiger partial charge >= 0.3 is 0 Å². The number of nitrogens with two attached hydrogens (primary N) is 1. The molecule has 1 fully saturated rings. The molecule has 0 aromatic carbocycles. The van der Waals surface area contributed by atoms with Crippen LogP contribution in [0, 0.1) is 0 Å². The SMILES string of the molecule is CCCCC(CN)N1CCN(C)C(C)(C)C1. The lowest BCUT2D eigenvalue weighted by Crippen LogP contribution is -2.60. The van der Waals surface area contributed by atoms with E-state index >= 15 is 0 Å². The predicted molar refractivity (Wildman–Crippen MR) is 70.6 cm³/mol. The summed E-state index contributed by atoms with van der Waals surface area (Å²) in [4.78, 5) is 5.05. The van der Waals surface area contributed by atoms with Crippen molar-refractivity contribution in [2.45, 2.75) is 51.6 Å². The molecule has 1 rings (SSSR count). The van der Waals surface area contributed by atoms with Crippen LogP contribution in [0.15, 0.2) is 0 Å². The van der Waals surface area contributed by atoms with Crippen molar-refractivity contribution in [3.05, 3.63) is 0 Å². The molecule has 0 aliphatic carbocycles. The van der Waals surface area contributed by atoms with E-state index in [2.05, 4.69) is 37.6 Å². The van der Waals surface area contributed by atoms with E-state index in [1.807, 2.05) is 0 Å². The van der Waals surface area contributed by atoms with Gasteiger partial charge in [-0.3, -0.25) is 9.80 Å². The van der Waals surface area contributed by atoms with Crippen molar-refractivity contribution in [2.24, 2.45) is 5.73 Å². The van der Waals surface area contributed by atoms with Crippen LogP contribution in [0.1, 0.15) is 40.0 Å². The minimum absolute atomic E-state index is 0.290. The molecule has 3 heteroatoms. The number of hydrogen-bond donors (Lipinski definition) is 1. The molecular formula is C13H29N3. The number of hydrogen-bond acceptors (Lipinski definition) is 3. The summed E-state index contributed by atoms with van der Waals surface area (Å²) in [6.07, 6.45) is 3.83. The van der Waals surface area contributed by atoms with Crippen molar-refractivity contribution in [3.63, 3.8) is 0 Å². The fraction of sp³-hybridized carbons (Fsp3) is 1.00. The van der Waals surface area contributed by atoms with Gasteiger partial charge in [-0.05, 0) is 27.3 Å². The Balaban J connectivity index is 2.52. The molecule has 0 saturated carbocycles. The van der Waals surface area contributed by atoms with Crippen LogP contribution in [0.25, 0.3) is 0 Å². The first-order chi connectivity index (χ1) is 7.51. The van der Waals surface area contributed by atoms with E-state index in [9.17, 15) is 0 Å². The molecule has 0 amide bonds. The van der Waals surface area contributed by atoms with E-state index in [1.165, 1.54) is 25.8 Å². The Morgan fingerprint density at radius 1 is 1.31 bits per heavy atom. The van der Waals surface area contributed by atoms with E-state index in [-0.39, 0.29) is 5.54 Å². The summed E-state index contributed by atoms with van der Waals surface area (Å²) in [6.45, 7) is 11.2. The van der Waals surface area contributed by atoms with Crippen LogP contribution in [0.5, 0.6) is 0 Å². The van der Waals surface area contributed by atoms with Crippen molar-refractivity contribution in [3.8, 4) is 0 Å². The number of nitrogens with zero attached hydrogens (tertiary/aromatic N) is 2. The summed E-state index contributed by atoms with van der Waals surface area (Å²) >= 11 is 0. The highest BCUT2D eigenvalue weighted by Crippen LogP contribution is 2.21. The summed E-state index contributed by atoms with van der Waals surface area (Å²) in [5.41, 5.74) is 6.20. The molecular weight excluding hydrogens is 198 g/mol. The Morgan fingerprint density at radius 3 is 2.50 bits per heavy atom. The number of piperazine rings is 1. The van der Waals surface area contributed by atoms with E-state index in [0.29, 0.717) is 6.04 Å². The highest BCUT2D eigenvalue weighted by molar-refractivity contribution is 4.90. The van der Waals surface area contributed by atoms with Gasteiger partial charge in [0.15, 0.2) is 0 Å². The first kappa shape index (κ1) is 13.9. The first-order valence-corrected chi connectivity index (χ1v) is 6.66. The van der Waals surface area contributed by atoms with Crippen molar-refractivity contribution in [2.75, 3.05) is 33.2 Å². The van der Waals surface area contributed by atoms with E-state index in [4.69, 9.17) is 5.73 Å². The molecule has 1 aliphatic rings. The number of unbranched alkanes of at least 4 members (excludes halogenated alkanes) is 1. The van der Waals surface area contributed by atoms with Crippen LogP contribution >= 0.6 is 0 Å². The Labute approximate surface area is 101 Å². The minimum atomic E-state index is 0.290. The average Bonchev–Trinajstić information content (AvgIpc) is 2.24. The molecule has 1 saturated heterocycles. The van der Waals surface area contributed by atoms with Gasteiger partial charge < -0.3 is 5.73 Å². The standard InChI is InChI=1S/C13H29N3/c1-5-6-7-12(10-14)16-9-8-15(4)13(2,3)11-16/h12H,5-11,14H2,1-4H3. The Morgan fingerprint density at radius 2 is 2.00 bits per heavy atom. The molecule has 1 aliphatic heterocycles. The smallest absolute Gasteiger partial charge is 0.0277 e. The quantitative estimate of drug-likeness (QED) is 0.773. The van der Waals surface area contributed by atoms with Gasteiger partial charge in [0.2, 0.25) is 0 Å². The number of likely N-dealkylation sites (N-methyl/N-ethyl adjacent to an activating group) is 1. The summed E-state index contributed by atoms with van der Waals surface area (Å²) < 4.78 is 0. The van der Waals surface area contributed by atoms with E-state index < -0.39 is 0 Å². The Kier molecular flexibility index (Phi) is 5.22. The number of rotatable bonds is 5. The third-order valence-electron chi connectivity index (χ3n) is 4.03. The van der Waals surface area contributed by atoms with Gasteiger partial charge in [-0.25, -0.2) is 0 Å². The maximum Gasteiger partial charge on any atom is 0.0277 e. The molecule has 1 unspecified atom stereocenters. The second kappa shape index (κ2) is 5.99. The van der Waals surface area contributed by atoms with Crippen molar-refractivity contribution < 1.29 is 0 Å². The van der Waals surface area contributed by atoms with Crippen molar-refractivity contribution in [1.29, 1.82) is 0 Å². The fourth-order valence-corrected chi connectivity index (χ4v) is 2.48. The zero-order valence-corrected chi connectivity index (χ0v) is 11.5. The van der Waals surface area contributed by atoms with Gasteiger partial charge in [0.05, 0.1) is 0 Å². The maximum absolute atomic E-state index is 5.91. The molecule has 0 aromatic heterocycles. The molecule has 96 valence electrons. The molecule has 16 heavy (non-hydrogen) atoms. The van der Waals surface area contributed by atoms with Crippen molar-refractivity contribution in [1.82, 2.24) is 9.80 Å². The van der Waals surface area contributed by atoms with Crippen LogP contribution in [0.2, 0.25) is 0 Å². The largest absolute Gasteiger partial charge is 0.329 e. The second-order valence-electron chi connectivity index (χ2n) is 5.74. The lowest BCUT2D eigenvalue weighted by molar-refractivity contribution is 0.0162. The normalized spacial score (nSPS) is 24.6. The zero-order valence-electron chi connectivity index (χ0n) is 11.5. The van der Waals surface area contributed by atoms with Gasteiger partial charge in [-0.15, -0.1) is 0 Å². The predicted octanol–water partition coefficient (Wildman–Crippen LogP) is 1.53. The van der Waals surface area contributed by atoms with Crippen LogP contribution in [0.3, 0.4) is 0 Å². The van der Waals surface area contributed by atoms with Gasteiger partial charge in [0.25, 0.3) is 0 Å². The van der Waals surface area contributed by atoms with Gasteiger partial charge in [0, 0.05) is 37.8 Å². The lowest BCUT2D eigenvalue weighted by atomic mass is 9.97. The highest BCUT2D eigenvalue weighted by atomic mass is 15.3. The molecule has 3 nitrogen and oxygen atoms in total. The van der Waals surface area contributed by atoms with Crippen LogP contribution in [-0.4, -0.2) is 54.6 Å². The van der Waals surface area contributed by atoms with Gasteiger partial charge in [-0.2, -0.15) is 0 Å². The monoisotopic (exact) mass is 227 g/mol. The molecule has 0 spiro atoms. The van der Waals surface area contributed by atoms with Gasteiger partial charge in [0.1, 0.15) is 0 Å². The van der Waals surface area contributed by atoms with Crippen LogP contribution < -0.4 is 5.73 Å². The zero-order chi connectivity index (χ0) is 12.2. The Bertz CT molecular complexity index is 203. The Hall–Kier alpha value is -0.120. The molecule has 0 radical (unpaired) electrons. The third kappa shape index (κ3) is 3.44. The van der Waals surface area contributed by atoms with Crippen molar-refractivity contribution >= 4 is 0 Å². The summed E-state index contributed by atoms with van der Waals surface area (Å²) in [5, 5.41) is 0. The van der Waals surface area contributed by atoms with E-state index in [0.717, 1.165) is 19.6 Å². The molecule has 1 heterocycles. The highest BCUT2D eigenvalue weighted by Gasteiger charge is 2.33. The fourth-order valence-electron chi connectivity index (χ4n) is 2.48. The third-order valence-corrected chi connectivity index (χ3v) is 4.03. The molecule has 0 bridgehead atoms. The van der Waals surface area contributed by atoms with E-state index in [1.54, 1.807) is 0 Å². The first-order valence-electron chi connectivity index (χ1n) is 6.66. The minimum Gasteiger partial charge on any atom is -0.329 e. The summed E-state index contributed by atoms with van der Waals surface area (Å²) in [7, 11) is 2.22. The molecule has 2 N–H and O–H groups in total. The summed E-state index contributed by atoms with van der Waals surface area (Å²) in [5.74, 6) is 0. The topological polar surface area (TPSA) is 32.5 Å². The molecule has 0 aromatic rings. The summed E-state index contributed by atoms with van der Waals surface area (Å²) in [6, 6.07) is 0.591. The average molecular weight is 227 g/mol. The lowest BCUT2D eigenvalue weighted by Gasteiger charge is -2.48. The molecule has 1 atom stereocenters. The van der Waals surface area contributed by atoms with Gasteiger partial charge in [-0.1, -0.05) is 19.8 Å². The van der Waals surface area contributed by atoms with Crippen LogP contribution in [-0.2, 0) is 0 Å². The maximum atomic E-state index is 5.91.